The van der Waals surface area contributed by atoms with Crippen molar-refractivity contribution in [1.82, 2.24) is 0 Å². The third-order valence-corrected chi connectivity index (χ3v) is 3.93. The molecule has 0 unspecified atom stereocenters. The topological polar surface area (TPSA) is 0 Å². The molecule has 99 valence electrons. The van der Waals surface area contributed by atoms with Crippen LogP contribution in [0, 0.1) is 26.0 Å². The van der Waals surface area contributed by atoms with Crippen molar-refractivity contribution in [2.45, 2.75) is 13.8 Å². The molecule has 0 atom stereocenters. The summed E-state index contributed by atoms with van der Waals surface area (Å²) in [5.74, 6) is 0. The summed E-state index contributed by atoms with van der Waals surface area (Å²) in [7, 11) is 0. The van der Waals surface area contributed by atoms with Gasteiger partial charge in [-0.25, -0.2) is 10.8 Å². The van der Waals surface area contributed by atoms with Crippen LogP contribution in [0.2, 0.25) is 0 Å². The fourth-order valence-corrected chi connectivity index (χ4v) is 3.00. The Hall–Kier alpha value is -1.24. The van der Waals surface area contributed by atoms with Crippen molar-refractivity contribution in [2.24, 2.45) is 0 Å². The van der Waals surface area contributed by atoms with Crippen molar-refractivity contribution in [2.75, 3.05) is 0 Å². The number of fused-ring (bicyclic) bond motifs is 6. The minimum absolute atomic E-state index is 0. The molecule has 0 aliphatic rings. The molecule has 0 heterocycles. The fourth-order valence-electron chi connectivity index (χ4n) is 3.00. The molecule has 4 aromatic rings. The zero-order valence-corrected chi connectivity index (χ0v) is 15.0. The first-order valence-electron chi connectivity index (χ1n) is 6.89. The Morgan fingerprint density at radius 1 is 0.667 bits per heavy atom. The Morgan fingerprint density at radius 3 is 1.52 bits per heavy atom. The van der Waals surface area contributed by atoms with E-state index in [4.69, 9.17) is 0 Å². The van der Waals surface area contributed by atoms with Gasteiger partial charge in [-0.05, 0) is 0 Å². The number of aryl methyl sites for hydroxylation is 2. The van der Waals surface area contributed by atoms with Crippen LogP contribution in [0.4, 0.5) is 0 Å². The van der Waals surface area contributed by atoms with Gasteiger partial charge < -0.3 is 0 Å². The van der Waals surface area contributed by atoms with Gasteiger partial charge in [0.1, 0.15) is 0 Å². The van der Waals surface area contributed by atoms with Crippen LogP contribution in [0.3, 0.4) is 0 Å². The average molecular weight is 343 g/mol. The van der Waals surface area contributed by atoms with Gasteiger partial charge in [-0.2, -0.15) is 24.3 Å². The third-order valence-electron chi connectivity index (χ3n) is 3.93. The first-order chi connectivity index (χ1) is 9.74. The normalized spacial score (nSPS) is 11.0. The molecule has 1 radical (unpaired) electrons. The van der Waals surface area contributed by atoms with E-state index in [1.807, 2.05) is 0 Å². The smallest absolute Gasteiger partial charge is 0 e. The Morgan fingerprint density at radius 2 is 1.10 bits per heavy atom. The molecular weight excluding hydrogens is 329 g/mol. The number of hydrogen-bond acceptors (Lipinski definition) is 0. The van der Waals surface area contributed by atoms with Crippen LogP contribution < -0.4 is 0 Å². The van der Waals surface area contributed by atoms with Crippen molar-refractivity contribution in [3.8, 4) is 0 Å². The first kappa shape index (κ1) is 14.7. The van der Waals surface area contributed by atoms with Crippen LogP contribution in [0.25, 0.3) is 32.3 Å². The first-order valence-corrected chi connectivity index (χ1v) is 6.89. The van der Waals surface area contributed by atoms with E-state index in [9.17, 15) is 0 Å². The Balaban J connectivity index is 0.00000132. The molecule has 0 nitrogen and oxygen atoms in total. The van der Waals surface area contributed by atoms with E-state index < -0.39 is 0 Å². The maximum atomic E-state index is 3.44. The molecule has 0 amide bonds. The van der Waals surface area contributed by atoms with Crippen LogP contribution in [0.5, 0.6) is 0 Å². The molecule has 21 heavy (non-hydrogen) atoms. The fraction of sp³-hybridized carbons (Fsp3) is 0.100. The minimum Gasteiger partial charge on any atom is -0.218 e. The van der Waals surface area contributed by atoms with Crippen LogP contribution in [-0.2, 0) is 32.7 Å². The van der Waals surface area contributed by atoms with Crippen molar-refractivity contribution < 1.29 is 32.7 Å². The van der Waals surface area contributed by atoms with E-state index in [1.165, 1.54) is 43.4 Å². The van der Waals surface area contributed by atoms with E-state index >= 15 is 0 Å². The largest absolute Gasteiger partial charge is 0.218 e. The van der Waals surface area contributed by atoms with E-state index in [2.05, 4.69) is 74.5 Å². The molecule has 0 bridgehead atoms. The molecule has 0 saturated heterocycles. The predicted octanol–water partition coefficient (Wildman–Crippen LogP) is 5.36. The zero-order chi connectivity index (χ0) is 13.7. The molecule has 0 fully saturated rings. The summed E-state index contributed by atoms with van der Waals surface area (Å²) in [4.78, 5) is 0. The minimum atomic E-state index is 0. The summed E-state index contributed by atoms with van der Waals surface area (Å²) in [5.41, 5.74) is 2.49. The van der Waals surface area contributed by atoms with E-state index in [1.54, 1.807) is 0 Å². The molecule has 0 aliphatic heterocycles. The van der Waals surface area contributed by atoms with Crippen LogP contribution in [-0.4, -0.2) is 0 Å². The van der Waals surface area contributed by atoms with Gasteiger partial charge >= 0.3 is 0 Å². The van der Waals surface area contributed by atoms with Gasteiger partial charge in [0.25, 0.3) is 0 Å². The van der Waals surface area contributed by atoms with Crippen molar-refractivity contribution in [3.63, 3.8) is 0 Å². The second-order valence-electron chi connectivity index (χ2n) is 5.48. The summed E-state index contributed by atoms with van der Waals surface area (Å²) in [6.45, 7) is 4.24. The van der Waals surface area contributed by atoms with Crippen molar-refractivity contribution in [1.29, 1.82) is 0 Å². The summed E-state index contributed by atoms with van der Waals surface area (Å²) in [6, 6.07) is 24.1. The number of hydrogen-bond donors (Lipinski definition) is 0. The predicted molar refractivity (Wildman–Crippen MR) is 86.1 cm³/mol. The third kappa shape index (κ3) is 2.31. The molecule has 0 saturated carbocycles. The second kappa shape index (κ2) is 5.52. The average Bonchev–Trinajstić information content (AvgIpc) is 2.47. The second-order valence-corrected chi connectivity index (χ2v) is 5.48. The summed E-state index contributed by atoms with van der Waals surface area (Å²) in [5, 5.41) is 7.48. The quantitative estimate of drug-likeness (QED) is 0.298. The molecular formula is C20H14Y-2. The van der Waals surface area contributed by atoms with Gasteiger partial charge in [0.2, 0.25) is 0 Å². The monoisotopic (exact) mass is 343 g/mol. The van der Waals surface area contributed by atoms with Gasteiger partial charge in [-0.3, -0.25) is 0 Å². The maximum Gasteiger partial charge on any atom is 0 e. The van der Waals surface area contributed by atoms with E-state index in [-0.39, 0.29) is 32.7 Å². The summed E-state index contributed by atoms with van der Waals surface area (Å²) in [6.07, 6.45) is 0. The molecule has 1 heteroatoms. The van der Waals surface area contributed by atoms with Crippen LogP contribution in [0.1, 0.15) is 11.1 Å². The molecule has 0 spiro atoms. The van der Waals surface area contributed by atoms with Gasteiger partial charge in [-0.1, -0.05) is 48.9 Å². The zero-order valence-electron chi connectivity index (χ0n) is 12.2. The summed E-state index contributed by atoms with van der Waals surface area (Å²) < 4.78 is 0. The van der Waals surface area contributed by atoms with Crippen molar-refractivity contribution in [3.05, 3.63) is 71.8 Å². The Labute approximate surface area is 150 Å². The molecule has 4 rings (SSSR count). The maximum absolute atomic E-state index is 3.44. The Kier molecular flexibility index (Phi) is 3.86. The van der Waals surface area contributed by atoms with Crippen LogP contribution in [0.15, 0.2) is 48.5 Å². The molecule has 0 aromatic heterocycles. The molecule has 4 aromatic carbocycles. The standard InChI is InChI=1S/C20H14.Y/c1-13-7-9-17-18-10-8-14(2)12-20(18)16-6-4-3-5-15(16)19(17)11-13;/h3-8,11-12H,1-2H3;/q-2;. The summed E-state index contributed by atoms with van der Waals surface area (Å²) >= 11 is 0. The SMILES string of the molecule is Cc1c[c-]c2c3[c-]cc(C)cc3c3ccccc3c2c1.[Y]. The van der Waals surface area contributed by atoms with Gasteiger partial charge in [0.05, 0.1) is 0 Å². The molecule has 0 aliphatic carbocycles. The van der Waals surface area contributed by atoms with E-state index in [0.29, 0.717) is 0 Å². The number of benzene rings is 4. The van der Waals surface area contributed by atoms with Gasteiger partial charge in [0, 0.05) is 32.7 Å². The number of rotatable bonds is 0. The Bertz CT molecular complexity index is 867. The van der Waals surface area contributed by atoms with E-state index in [0.717, 1.165) is 0 Å². The van der Waals surface area contributed by atoms with Gasteiger partial charge in [-0.15, -0.1) is 34.0 Å². The van der Waals surface area contributed by atoms with Crippen LogP contribution >= 0.6 is 0 Å². The molecule has 0 N–H and O–H groups in total. The van der Waals surface area contributed by atoms with Crippen molar-refractivity contribution >= 4 is 32.3 Å². The van der Waals surface area contributed by atoms with Gasteiger partial charge in [0.15, 0.2) is 0 Å².